The Morgan fingerprint density at radius 2 is 2.06 bits per heavy atom. The molecule has 0 aromatic heterocycles. The lowest BCUT2D eigenvalue weighted by molar-refractivity contribution is 0.0180. The number of benzene rings is 1. The fourth-order valence-corrected chi connectivity index (χ4v) is 2.19. The van der Waals surface area contributed by atoms with Crippen LogP contribution in [-0.4, -0.2) is 25.8 Å². The van der Waals surface area contributed by atoms with Crippen LogP contribution in [0.5, 0.6) is 0 Å². The summed E-state index contributed by atoms with van der Waals surface area (Å²) in [5, 5.41) is 5.90. The number of ether oxygens (including phenoxy) is 1. The van der Waals surface area contributed by atoms with Gasteiger partial charge < -0.3 is 15.4 Å². The van der Waals surface area contributed by atoms with Crippen LogP contribution in [0, 0.1) is 5.92 Å². The summed E-state index contributed by atoms with van der Waals surface area (Å²) in [6, 6.07) is 9.82. The highest BCUT2D eigenvalue weighted by Crippen LogP contribution is 2.29. The number of hydrogen-bond acceptors (Lipinski definition) is 3. The van der Waals surface area contributed by atoms with Crippen molar-refractivity contribution in [3.63, 3.8) is 0 Å². The number of carbonyl (C=O) groups excluding carboxylic acids is 1. The first kappa shape index (κ1) is 12.9. The molecule has 0 atom stereocenters. The summed E-state index contributed by atoms with van der Waals surface area (Å²) in [6.07, 6.45) is 1.73. The summed E-state index contributed by atoms with van der Waals surface area (Å²) < 4.78 is 5.31. The van der Waals surface area contributed by atoms with E-state index in [9.17, 15) is 4.79 Å². The van der Waals surface area contributed by atoms with E-state index in [0.29, 0.717) is 12.5 Å². The largest absolute Gasteiger partial charge is 0.446 e. The van der Waals surface area contributed by atoms with Crippen molar-refractivity contribution in [3.05, 3.63) is 35.9 Å². The third-order valence-electron chi connectivity index (χ3n) is 3.24. The first-order chi connectivity index (χ1) is 8.78. The van der Waals surface area contributed by atoms with Gasteiger partial charge in [0, 0.05) is 6.54 Å². The number of hydrogen-bond donors (Lipinski definition) is 2. The van der Waals surface area contributed by atoms with Crippen molar-refractivity contribution in [2.75, 3.05) is 13.6 Å². The molecule has 0 bridgehead atoms. The van der Waals surface area contributed by atoms with Crippen LogP contribution in [0.2, 0.25) is 0 Å². The first-order valence-corrected chi connectivity index (χ1v) is 6.41. The standard InChI is InChI=1S/C14H20N2O2/c1-15-9-12-7-13(8-12)18-14(17)16-10-11-5-3-2-4-6-11/h2-6,12-13,15H,7-10H2,1H3,(H,16,17). The lowest BCUT2D eigenvalue weighted by Crippen LogP contribution is -2.40. The normalized spacial score (nSPS) is 22.1. The zero-order chi connectivity index (χ0) is 12.8. The van der Waals surface area contributed by atoms with E-state index in [4.69, 9.17) is 4.74 Å². The van der Waals surface area contributed by atoms with Crippen molar-refractivity contribution in [1.82, 2.24) is 10.6 Å². The third kappa shape index (κ3) is 3.74. The van der Waals surface area contributed by atoms with Crippen LogP contribution in [0.3, 0.4) is 0 Å². The molecule has 1 aliphatic rings. The molecule has 0 heterocycles. The van der Waals surface area contributed by atoms with E-state index in [-0.39, 0.29) is 12.2 Å². The molecular weight excluding hydrogens is 228 g/mol. The van der Waals surface area contributed by atoms with Gasteiger partial charge in [0.25, 0.3) is 0 Å². The quantitative estimate of drug-likeness (QED) is 0.837. The number of rotatable bonds is 5. The van der Waals surface area contributed by atoms with Crippen molar-refractivity contribution in [2.24, 2.45) is 5.92 Å². The minimum absolute atomic E-state index is 0.0964. The predicted molar refractivity (Wildman–Crippen MR) is 70.2 cm³/mol. The number of alkyl carbamates (subject to hydrolysis) is 1. The lowest BCUT2D eigenvalue weighted by atomic mass is 9.82. The maximum Gasteiger partial charge on any atom is 0.407 e. The minimum atomic E-state index is -0.313. The molecule has 0 spiro atoms. The Balaban J connectivity index is 1.62. The average molecular weight is 248 g/mol. The highest BCUT2D eigenvalue weighted by Gasteiger charge is 2.31. The van der Waals surface area contributed by atoms with Crippen LogP contribution in [-0.2, 0) is 11.3 Å². The van der Waals surface area contributed by atoms with Crippen LogP contribution in [0.4, 0.5) is 4.79 Å². The van der Waals surface area contributed by atoms with Gasteiger partial charge in [0.15, 0.2) is 0 Å². The molecule has 2 rings (SSSR count). The van der Waals surface area contributed by atoms with Crippen LogP contribution in [0.25, 0.3) is 0 Å². The van der Waals surface area contributed by atoms with Crippen molar-refractivity contribution in [2.45, 2.75) is 25.5 Å². The molecule has 18 heavy (non-hydrogen) atoms. The molecule has 1 aromatic carbocycles. The maximum atomic E-state index is 11.5. The second kappa shape index (κ2) is 6.40. The first-order valence-electron chi connectivity index (χ1n) is 6.41. The smallest absolute Gasteiger partial charge is 0.407 e. The van der Waals surface area contributed by atoms with Gasteiger partial charge in [0.2, 0.25) is 0 Å². The van der Waals surface area contributed by atoms with E-state index >= 15 is 0 Å². The molecule has 1 aromatic rings. The van der Waals surface area contributed by atoms with Crippen molar-refractivity contribution in [3.8, 4) is 0 Å². The Hall–Kier alpha value is -1.55. The summed E-state index contributed by atoms with van der Waals surface area (Å²) in [6.45, 7) is 1.53. The van der Waals surface area contributed by atoms with E-state index in [1.807, 2.05) is 37.4 Å². The molecule has 1 fully saturated rings. The minimum Gasteiger partial charge on any atom is -0.446 e. The van der Waals surface area contributed by atoms with Crippen LogP contribution >= 0.6 is 0 Å². The predicted octanol–water partition coefficient (Wildman–Crippen LogP) is 1.91. The summed E-state index contributed by atoms with van der Waals surface area (Å²) in [5.74, 6) is 0.655. The van der Waals surface area contributed by atoms with Gasteiger partial charge in [-0.05, 0) is 37.9 Å². The van der Waals surface area contributed by atoms with E-state index in [1.54, 1.807) is 0 Å². The Labute approximate surface area is 108 Å². The van der Waals surface area contributed by atoms with Gasteiger partial charge >= 0.3 is 6.09 Å². The molecule has 0 radical (unpaired) electrons. The Kier molecular flexibility index (Phi) is 4.59. The monoisotopic (exact) mass is 248 g/mol. The zero-order valence-corrected chi connectivity index (χ0v) is 10.7. The summed E-state index contributed by atoms with van der Waals surface area (Å²) in [5.41, 5.74) is 1.08. The van der Waals surface area contributed by atoms with Crippen LogP contribution in [0.15, 0.2) is 30.3 Å². The Bertz CT molecular complexity index is 375. The van der Waals surface area contributed by atoms with Crippen LogP contribution < -0.4 is 10.6 Å². The van der Waals surface area contributed by atoms with Gasteiger partial charge in [0.05, 0.1) is 0 Å². The molecule has 0 saturated heterocycles. The van der Waals surface area contributed by atoms with Crippen LogP contribution in [0.1, 0.15) is 18.4 Å². The highest BCUT2D eigenvalue weighted by atomic mass is 16.6. The molecule has 98 valence electrons. The summed E-state index contributed by atoms with van der Waals surface area (Å²) in [7, 11) is 1.95. The van der Waals surface area contributed by atoms with Crippen molar-refractivity contribution < 1.29 is 9.53 Å². The second-order valence-electron chi connectivity index (χ2n) is 4.76. The van der Waals surface area contributed by atoms with Gasteiger partial charge in [-0.2, -0.15) is 0 Å². The maximum absolute atomic E-state index is 11.5. The number of carbonyl (C=O) groups is 1. The van der Waals surface area contributed by atoms with E-state index in [2.05, 4.69) is 10.6 Å². The molecule has 1 amide bonds. The van der Waals surface area contributed by atoms with E-state index < -0.39 is 0 Å². The summed E-state index contributed by atoms with van der Waals surface area (Å²) >= 11 is 0. The molecule has 4 nitrogen and oxygen atoms in total. The van der Waals surface area contributed by atoms with Crippen molar-refractivity contribution >= 4 is 6.09 Å². The zero-order valence-electron chi connectivity index (χ0n) is 10.7. The molecular formula is C14H20N2O2. The second-order valence-corrected chi connectivity index (χ2v) is 4.76. The van der Waals surface area contributed by atoms with Crippen molar-refractivity contribution in [1.29, 1.82) is 0 Å². The van der Waals surface area contributed by atoms with Gasteiger partial charge in [-0.3, -0.25) is 0 Å². The molecule has 4 heteroatoms. The Morgan fingerprint density at radius 3 is 2.72 bits per heavy atom. The van der Waals surface area contributed by atoms with Gasteiger partial charge in [0.1, 0.15) is 6.10 Å². The fraction of sp³-hybridized carbons (Fsp3) is 0.500. The third-order valence-corrected chi connectivity index (χ3v) is 3.24. The molecule has 2 N–H and O–H groups in total. The molecule has 1 aliphatic carbocycles. The SMILES string of the molecule is CNCC1CC(OC(=O)NCc2ccccc2)C1. The number of amides is 1. The van der Waals surface area contributed by atoms with Gasteiger partial charge in [-0.15, -0.1) is 0 Å². The van der Waals surface area contributed by atoms with Gasteiger partial charge in [-0.1, -0.05) is 30.3 Å². The van der Waals surface area contributed by atoms with E-state index in [1.165, 1.54) is 0 Å². The molecule has 1 saturated carbocycles. The lowest BCUT2D eigenvalue weighted by Gasteiger charge is -2.34. The Morgan fingerprint density at radius 1 is 1.33 bits per heavy atom. The van der Waals surface area contributed by atoms with E-state index in [0.717, 1.165) is 24.9 Å². The topological polar surface area (TPSA) is 50.4 Å². The molecule has 0 aliphatic heterocycles. The fourth-order valence-electron chi connectivity index (χ4n) is 2.19. The highest BCUT2D eigenvalue weighted by molar-refractivity contribution is 5.67. The average Bonchev–Trinajstić information content (AvgIpc) is 2.35. The molecule has 0 unspecified atom stereocenters. The summed E-state index contributed by atoms with van der Waals surface area (Å²) in [4.78, 5) is 11.5. The van der Waals surface area contributed by atoms with Gasteiger partial charge in [-0.25, -0.2) is 4.79 Å². The number of nitrogens with one attached hydrogen (secondary N) is 2.